The number of amides is 1. The molecule has 2 atom stereocenters. The monoisotopic (exact) mass is 762 g/mol. The number of unbranched alkanes of at least 4 members (excludes halogenated alkanes) is 30. The van der Waals surface area contributed by atoms with Gasteiger partial charge in [0, 0.05) is 12.8 Å². The normalized spacial score (nSPS) is 12.9. The van der Waals surface area contributed by atoms with Crippen molar-refractivity contribution < 1.29 is 24.5 Å². The number of rotatable bonds is 43. The first-order chi connectivity index (χ1) is 26.5. The Bertz CT molecular complexity index is 843. The molecule has 0 saturated carbocycles. The van der Waals surface area contributed by atoms with Crippen molar-refractivity contribution in [3.05, 3.63) is 24.3 Å². The molecule has 0 aromatic rings. The molecular formula is C48H91NO5. The third kappa shape index (κ3) is 40.0. The van der Waals surface area contributed by atoms with Gasteiger partial charge in [-0.1, -0.05) is 199 Å². The molecule has 318 valence electrons. The van der Waals surface area contributed by atoms with Crippen LogP contribution in [0.25, 0.3) is 0 Å². The van der Waals surface area contributed by atoms with E-state index in [4.69, 9.17) is 4.74 Å². The van der Waals surface area contributed by atoms with Crippen LogP contribution in [0.2, 0.25) is 0 Å². The number of nitrogens with one attached hydrogen (secondary N) is 1. The summed E-state index contributed by atoms with van der Waals surface area (Å²) >= 11 is 0. The van der Waals surface area contributed by atoms with Crippen LogP contribution in [-0.2, 0) is 14.3 Å². The zero-order valence-corrected chi connectivity index (χ0v) is 36.0. The zero-order valence-electron chi connectivity index (χ0n) is 36.0. The fourth-order valence-corrected chi connectivity index (χ4v) is 7.04. The molecule has 3 N–H and O–H groups in total. The van der Waals surface area contributed by atoms with Gasteiger partial charge < -0.3 is 20.3 Å². The second kappa shape index (κ2) is 44.1. The maximum absolute atomic E-state index is 12.4. The SMILES string of the molecule is CCCCCCCCC/C=C\CCCCCCCC(=O)OCCCCCCCCCCCC(=O)NC(CO)C(O)/C=C/CCCCCCCCCCCC. The van der Waals surface area contributed by atoms with Crippen LogP contribution in [0.3, 0.4) is 0 Å². The predicted molar refractivity (Wildman–Crippen MR) is 232 cm³/mol. The molecule has 0 rings (SSSR count). The first-order valence-electron chi connectivity index (χ1n) is 23.6. The van der Waals surface area contributed by atoms with Gasteiger partial charge in [-0.15, -0.1) is 0 Å². The Morgan fingerprint density at radius 1 is 0.500 bits per heavy atom. The Hall–Kier alpha value is -1.66. The molecule has 1 amide bonds. The lowest BCUT2D eigenvalue weighted by molar-refractivity contribution is -0.143. The second-order valence-corrected chi connectivity index (χ2v) is 16.1. The van der Waals surface area contributed by atoms with E-state index in [1.165, 1.54) is 161 Å². The minimum Gasteiger partial charge on any atom is -0.466 e. The van der Waals surface area contributed by atoms with E-state index in [2.05, 4.69) is 31.3 Å². The minimum atomic E-state index is -0.860. The molecule has 0 radical (unpaired) electrons. The van der Waals surface area contributed by atoms with Crippen LogP contribution in [0.15, 0.2) is 24.3 Å². The zero-order chi connectivity index (χ0) is 39.4. The van der Waals surface area contributed by atoms with Crippen molar-refractivity contribution in [3.63, 3.8) is 0 Å². The summed E-state index contributed by atoms with van der Waals surface area (Å²) in [6.45, 7) is 4.81. The number of carbonyl (C=O) groups excluding carboxylic acids is 2. The van der Waals surface area contributed by atoms with E-state index in [1.54, 1.807) is 6.08 Å². The van der Waals surface area contributed by atoms with E-state index < -0.39 is 12.1 Å². The molecule has 0 aliphatic heterocycles. The molecule has 0 saturated heterocycles. The number of ether oxygens (including phenoxy) is 1. The van der Waals surface area contributed by atoms with Crippen molar-refractivity contribution in [1.82, 2.24) is 5.32 Å². The van der Waals surface area contributed by atoms with Gasteiger partial charge in [-0.2, -0.15) is 0 Å². The molecule has 0 fully saturated rings. The van der Waals surface area contributed by atoms with Crippen LogP contribution in [0.1, 0.15) is 245 Å². The Balaban J connectivity index is 3.52. The second-order valence-electron chi connectivity index (χ2n) is 16.1. The summed E-state index contributed by atoms with van der Waals surface area (Å²) in [4.78, 5) is 24.4. The number of hydrogen-bond donors (Lipinski definition) is 3. The third-order valence-corrected chi connectivity index (χ3v) is 10.7. The van der Waals surface area contributed by atoms with Crippen molar-refractivity contribution in [2.75, 3.05) is 13.2 Å². The molecule has 6 nitrogen and oxygen atoms in total. The number of aliphatic hydroxyl groups is 2. The molecule has 0 aliphatic rings. The van der Waals surface area contributed by atoms with E-state index in [1.807, 2.05) is 6.08 Å². The van der Waals surface area contributed by atoms with Gasteiger partial charge in [0.25, 0.3) is 0 Å². The lowest BCUT2D eigenvalue weighted by Gasteiger charge is -2.20. The third-order valence-electron chi connectivity index (χ3n) is 10.7. The number of allylic oxidation sites excluding steroid dienone is 3. The molecular weight excluding hydrogens is 671 g/mol. The summed E-state index contributed by atoms with van der Waals surface area (Å²) in [6, 6.07) is -0.646. The largest absolute Gasteiger partial charge is 0.466 e. The van der Waals surface area contributed by atoms with Crippen molar-refractivity contribution in [2.45, 2.75) is 257 Å². The van der Waals surface area contributed by atoms with Gasteiger partial charge in [-0.3, -0.25) is 9.59 Å². The van der Waals surface area contributed by atoms with Crippen LogP contribution >= 0.6 is 0 Å². The van der Waals surface area contributed by atoms with Crippen molar-refractivity contribution in [1.29, 1.82) is 0 Å². The van der Waals surface area contributed by atoms with Gasteiger partial charge in [0.1, 0.15) is 0 Å². The standard InChI is InChI=1S/C48H91NO5/c1-3-5-7-9-11-13-15-17-18-19-20-22-26-30-34-38-42-48(53)54-43-39-35-31-27-23-25-29-33-37-41-47(52)49-45(44-50)46(51)40-36-32-28-24-21-16-14-12-10-8-6-4-2/h18-19,36,40,45-46,50-51H,3-17,20-35,37-39,41-44H2,1-2H3,(H,49,52)/b19-18-,40-36+. The maximum Gasteiger partial charge on any atom is 0.305 e. The topological polar surface area (TPSA) is 95.9 Å². The van der Waals surface area contributed by atoms with E-state index in [0.717, 1.165) is 57.8 Å². The Morgan fingerprint density at radius 2 is 0.870 bits per heavy atom. The Labute approximate surface area is 335 Å². The highest BCUT2D eigenvalue weighted by molar-refractivity contribution is 5.76. The van der Waals surface area contributed by atoms with Crippen LogP contribution in [-0.4, -0.2) is 47.4 Å². The summed E-state index contributed by atoms with van der Waals surface area (Å²) in [5.74, 6) is -0.133. The molecule has 0 heterocycles. The first-order valence-corrected chi connectivity index (χ1v) is 23.6. The molecule has 0 aromatic heterocycles. The van der Waals surface area contributed by atoms with E-state index in [9.17, 15) is 19.8 Å². The lowest BCUT2D eigenvalue weighted by Crippen LogP contribution is -2.45. The van der Waals surface area contributed by atoms with Crippen molar-refractivity contribution >= 4 is 11.9 Å². The van der Waals surface area contributed by atoms with E-state index >= 15 is 0 Å². The van der Waals surface area contributed by atoms with Crippen LogP contribution < -0.4 is 5.32 Å². The quantitative estimate of drug-likeness (QED) is 0.0327. The van der Waals surface area contributed by atoms with Gasteiger partial charge in [0.2, 0.25) is 5.91 Å². The van der Waals surface area contributed by atoms with Gasteiger partial charge in [0.15, 0.2) is 0 Å². The average Bonchev–Trinajstić information content (AvgIpc) is 3.17. The Kier molecular flexibility index (Phi) is 42.7. The molecule has 0 spiro atoms. The van der Waals surface area contributed by atoms with Crippen LogP contribution in [0.5, 0.6) is 0 Å². The molecule has 2 unspecified atom stereocenters. The number of esters is 1. The first kappa shape index (κ1) is 52.3. The summed E-state index contributed by atoms with van der Waals surface area (Å²) < 4.78 is 5.44. The number of aliphatic hydroxyl groups excluding tert-OH is 2. The molecule has 6 heteroatoms. The van der Waals surface area contributed by atoms with Crippen LogP contribution in [0, 0.1) is 0 Å². The fourth-order valence-electron chi connectivity index (χ4n) is 7.04. The smallest absolute Gasteiger partial charge is 0.305 e. The van der Waals surface area contributed by atoms with Gasteiger partial charge in [-0.05, 0) is 57.8 Å². The maximum atomic E-state index is 12.4. The Morgan fingerprint density at radius 3 is 1.31 bits per heavy atom. The molecule has 0 aromatic carbocycles. The van der Waals surface area contributed by atoms with Crippen molar-refractivity contribution in [2.24, 2.45) is 0 Å². The highest BCUT2D eigenvalue weighted by Crippen LogP contribution is 2.14. The average molecular weight is 762 g/mol. The van der Waals surface area contributed by atoms with Crippen molar-refractivity contribution in [3.8, 4) is 0 Å². The lowest BCUT2D eigenvalue weighted by atomic mass is 10.0. The molecule has 0 bridgehead atoms. The predicted octanol–water partition coefficient (Wildman–Crippen LogP) is 13.6. The minimum absolute atomic E-state index is 0.0355. The van der Waals surface area contributed by atoms with Crippen LogP contribution in [0.4, 0.5) is 0 Å². The van der Waals surface area contributed by atoms with E-state index in [-0.39, 0.29) is 18.5 Å². The summed E-state index contributed by atoms with van der Waals surface area (Å²) in [5, 5.41) is 22.9. The molecule has 0 aliphatic carbocycles. The summed E-state index contributed by atoms with van der Waals surface area (Å²) in [6.07, 6.45) is 50.2. The number of carbonyl (C=O) groups is 2. The highest BCUT2D eigenvalue weighted by atomic mass is 16.5. The van der Waals surface area contributed by atoms with Gasteiger partial charge in [-0.25, -0.2) is 0 Å². The van der Waals surface area contributed by atoms with Gasteiger partial charge in [0.05, 0.1) is 25.4 Å². The van der Waals surface area contributed by atoms with E-state index in [0.29, 0.717) is 19.4 Å². The van der Waals surface area contributed by atoms with Gasteiger partial charge >= 0.3 is 5.97 Å². The summed E-state index contributed by atoms with van der Waals surface area (Å²) in [7, 11) is 0. The summed E-state index contributed by atoms with van der Waals surface area (Å²) in [5.41, 5.74) is 0. The fraction of sp³-hybridized carbons (Fsp3) is 0.875. The number of hydrogen-bond acceptors (Lipinski definition) is 5. The molecule has 54 heavy (non-hydrogen) atoms. The highest BCUT2D eigenvalue weighted by Gasteiger charge is 2.18.